The van der Waals surface area contributed by atoms with Crippen molar-refractivity contribution in [1.82, 2.24) is 0 Å². The summed E-state index contributed by atoms with van der Waals surface area (Å²) in [5.41, 5.74) is -0.927. The lowest BCUT2D eigenvalue weighted by molar-refractivity contribution is -0.154. The Morgan fingerprint density at radius 3 is 1.77 bits per heavy atom. The normalized spacial score (nSPS) is 10.1. The summed E-state index contributed by atoms with van der Waals surface area (Å²) in [6, 6.07) is 0. The molecular weight excluding hydrogens is 176 g/mol. The van der Waals surface area contributed by atoms with Crippen molar-refractivity contribution in [2.24, 2.45) is 5.41 Å². The number of aliphatic carboxylic acids is 1. The first kappa shape index (κ1) is 14.6. The van der Waals surface area contributed by atoms with Crippen LogP contribution in [0.2, 0.25) is 0 Å². The lowest BCUT2D eigenvalue weighted by Gasteiger charge is -2.22. The van der Waals surface area contributed by atoms with Crippen LogP contribution in [0.5, 0.6) is 0 Å². The molecule has 0 aromatic heterocycles. The molecule has 0 unspecified atom stereocenters. The Kier molecular flexibility index (Phi) is 8.63. The second kappa shape index (κ2) is 7.70. The van der Waals surface area contributed by atoms with Crippen LogP contribution in [-0.2, 0) is 19.1 Å². The molecule has 78 valence electrons. The van der Waals surface area contributed by atoms with E-state index in [0.717, 1.165) is 0 Å². The van der Waals surface area contributed by atoms with Crippen LogP contribution in [0.4, 0.5) is 0 Å². The minimum Gasteiger partial charge on any atom is -0.481 e. The Hall–Kier alpha value is -0.940. The molecule has 0 spiro atoms. The molecule has 0 rings (SSSR count). The molecule has 0 aromatic rings. The van der Waals surface area contributed by atoms with Gasteiger partial charge >= 0.3 is 5.97 Å². The molecule has 0 aromatic carbocycles. The second-order valence-electron chi connectivity index (χ2n) is 2.73. The molecule has 0 amide bonds. The topological polar surface area (TPSA) is 72.8 Å². The molecule has 1 N–H and O–H groups in total. The van der Waals surface area contributed by atoms with Gasteiger partial charge in [0.25, 0.3) is 0 Å². The fourth-order valence-corrected chi connectivity index (χ4v) is 0.802. The SMILES string of the molecule is C=O.COCC(C)(COC)C(=O)O. The first-order chi connectivity index (χ1) is 6.06. The summed E-state index contributed by atoms with van der Waals surface area (Å²) >= 11 is 0. The van der Waals surface area contributed by atoms with Crippen molar-refractivity contribution in [2.75, 3.05) is 27.4 Å². The van der Waals surface area contributed by atoms with Crippen molar-refractivity contribution >= 4 is 12.8 Å². The van der Waals surface area contributed by atoms with E-state index >= 15 is 0 Å². The summed E-state index contributed by atoms with van der Waals surface area (Å²) in [6.07, 6.45) is 0. The fourth-order valence-electron chi connectivity index (χ4n) is 0.802. The van der Waals surface area contributed by atoms with Gasteiger partial charge in [-0.1, -0.05) is 0 Å². The molecule has 5 heteroatoms. The summed E-state index contributed by atoms with van der Waals surface area (Å²) in [7, 11) is 2.94. The second-order valence-corrected chi connectivity index (χ2v) is 2.73. The third-order valence-corrected chi connectivity index (χ3v) is 1.44. The molecule has 0 atom stereocenters. The Bertz CT molecular complexity index is 139. The average Bonchev–Trinajstić information content (AvgIpc) is 2.08. The Morgan fingerprint density at radius 1 is 1.31 bits per heavy atom. The third kappa shape index (κ3) is 5.32. The van der Waals surface area contributed by atoms with Crippen molar-refractivity contribution in [3.05, 3.63) is 0 Å². The van der Waals surface area contributed by atoms with Crippen LogP contribution < -0.4 is 0 Å². The van der Waals surface area contributed by atoms with E-state index in [-0.39, 0.29) is 13.2 Å². The van der Waals surface area contributed by atoms with Gasteiger partial charge in [0.2, 0.25) is 0 Å². The number of ether oxygens (including phenoxy) is 2. The van der Waals surface area contributed by atoms with E-state index in [4.69, 9.17) is 19.4 Å². The van der Waals surface area contributed by atoms with E-state index in [9.17, 15) is 4.79 Å². The van der Waals surface area contributed by atoms with E-state index < -0.39 is 11.4 Å². The first-order valence-corrected chi connectivity index (χ1v) is 3.57. The zero-order chi connectivity index (χ0) is 10.9. The van der Waals surface area contributed by atoms with Gasteiger partial charge in [0.05, 0.1) is 13.2 Å². The van der Waals surface area contributed by atoms with Crippen LogP contribution in [0.15, 0.2) is 0 Å². The summed E-state index contributed by atoms with van der Waals surface area (Å²) in [4.78, 5) is 18.6. The monoisotopic (exact) mass is 192 g/mol. The first-order valence-electron chi connectivity index (χ1n) is 3.57. The molecule has 5 nitrogen and oxygen atoms in total. The Labute approximate surface area is 77.6 Å². The number of carbonyl (C=O) groups excluding carboxylic acids is 1. The van der Waals surface area contributed by atoms with E-state index in [1.165, 1.54) is 14.2 Å². The standard InChI is InChI=1S/C7H14O4.CH2O/c1-7(4-10-2,5-11-3)6(8)9;1-2/h4-5H2,1-3H3,(H,8,9);1H2. The van der Waals surface area contributed by atoms with Crippen molar-refractivity contribution in [1.29, 1.82) is 0 Å². The predicted molar refractivity (Wildman–Crippen MR) is 46.6 cm³/mol. The van der Waals surface area contributed by atoms with Crippen molar-refractivity contribution in [3.8, 4) is 0 Å². The number of methoxy groups -OCH3 is 2. The predicted octanol–water partition coefficient (Wildman–Crippen LogP) is 0.185. The maximum absolute atomic E-state index is 10.6. The molecule has 13 heavy (non-hydrogen) atoms. The van der Waals surface area contributed by atoms with Crippen LogP contribution in [0.3, 0.4) is 0 Å². The van der Waals surface area contributed by atoms with E-state index in [0.29, 0.717) is 0 Å². The third-order valence-electron chi connectivity index (χ3n) is 1.44. The zero-order valence-electron chi connectivity index (χ0n) is 8.20. The van der Waals surface area contributed by atoms with Gasteiger partial charge in [0.15, 0.2) is 0 Å². The van der Waals surface area contributed by atoms with Gasteiger partial charge in [0, 0.05) is 14.2 Å². The van der Waals surface area contributed by atoms with Crippen LogP contribution >= 0.6 is 0 Å². The maximum atomic E-state index is 10.6. The minimum absolute atomic E-state index is 0.163. The minimum atomic E-state index is -0.927. The van der Waals surface area contributed by atoms with Crippen LogP contribution in [0, 0.1) is 5.41 Å². The van der Waals surface area contributed by atoms with Gasteiger partial charge in [-0.05, 0) is 6.92 Å². The molecule has 0 aliphatic heterocycles. The van der Waals surface area contributed by atoms with Crippen molar-refractivity contribution in [2.45, 2.75) is 6.92 Å². The van der Waals surface area contributed by atoms with Crippen LogP contribution in [0.25, 0.3) is 0 Å². The lowest BCUT2D eigenvalue weighted by atomic mass is 9.93. The molecule has 0 saturated heterocycles. The number of carbonyl (C=O) groups is 2. The summed E-state index contributed by atoms with van der Waals surface area (Å²) < 4.78 is 9.52. The molecule has 0 aliphatic rings. The van der Waals surface area contributed by atoms with Crippen LogP contribution in [-0.4, -0.2) is 45.3 Å². The highest BCUT2D eigenvalue weighted by Crippen LogP contribution is 2.16. The highest BCUT2D eigenvalue weighted by atomic mass is 16.5. The molecule has 0 fully saturated rings. The largest absolute Gasteiger partial charge is 0.481 e. The van der Waals surface area contributed by atoms with Gasteiger partial charge < -0.3 is 19.4 Å². The Balaban J connectivity index is 0. The van der Waals surface area contributed by atoms with Crippen LogP contribution in [0.1, 0.15) is 6.92 Å². The van der Waals surface area contributed by atoms with Gasteiger partial charge in [-0.25, -0.2) is 0 Å². The molecule has 0 saturated carbocycles. The molecule has 0 aliphatic carbocycles. The lowest BCUT2D eigenvalue weighted by Crippen LogP contribution is -2.36. The van der Waals surface area contributed by atoms with Gasteiger partial charge in [-0.15, -0.1) is 0 Å². The van der Waals surface area contributed by atoms with E-state index in [2.05, 4.69) is 0 Å². The number of rotatable bonds is 5. The quantitative estimate of drug-likeness (QED) is 0.673. The van der Waals surface area contributed by atoms with Gasteiger partial charge in [0.1, 0.15) is 12.2 Å². The molecule has 0 heterocycles. The summed E-state index contributed by atoms with van der Waals surface area (Å²) in [5, 5.41) is 8.73. The number of hydrogen-bond acceptors (Lipinski definition) is 4. The fraction of sp³-hybridized carbons (Fsp3) is 0.750. The molecule has 0 radical (unpaired) electrons. The van der Waals surface area contributed by atoms with Gasteiger partial charge in [-0.2, -0.15) is 0 Å². The van der Waals surface area contributed by atoms with E-state index in [1.54, 1.807) is 6.92 Å². The number of carboxylic acid groups (broad SMARTS) is 1. The maximum Gasteiger partial charge on any atom is 0.314 e. The highest BCUT2D eigenvalue weighted by Gasteiger charge is 2.33. The average molecular weight is 192 g/mol. The number of carboxylic acids is 1. The Morgan fingerprint density at radius 2 is 1.62 bits per heavy atom. The molecule has 0 bridgehead atoms. The molecular formula is C8H16O5. The zero-order valence-corrected chi connectivity index (χ0v) is 8.20. The highest BCUT2D eigenvalue weighted by molar-refractivity contribution is 5.74. The van der Waals surface area contributed by atoms with Crippen molar-refractivity contribution in [3.63, 3.8) is 0 Å². The van der Waals surface area contributed by atoms with Crippen molar-refractivity contribution < 1.29 is 24.2 Å². The van der Waals surface area contributed by atoms with Gasteiger partial charge in [-0.3, -0.25) is 4.79 Å². The summed E-state index contributed by atoms with van der Waals surface area (Å²) in [5.74, 6) is -0.902. The number of hydrogen-bond donors (Lipinski definition) is 1. The van der Waals surface area contributed by atoms with E-state index in [1.807, 2.05) is 6.79 Å². The smallest absolute Gasteiger partial charge is 0.314 e. The summed E-state index contributed by atoms with van der Waals surface area (Å²) in [6.45, 7) is 3.91.